The molecule has 2 rings (SSSR count). The Morgan fingerprint density at radius 3 is 2.52 bits per heavy atom. The van der Waals surface area contributed by atoms with Crippen LogP contribution >= 0.6 is 0 Å². The van der Waals surface area contributed by atoms with E-state index in [0.29, 0.717) is 11.5 Å². The van der Waals surface area contributed by atoms with Crippen LogP contribution in [0.4, 0.5) is 11.6 Å². The predicted molar refractivity (Wildman–Crippen MR) is 90.0 cm³/mol. The third-order valence-electron chi connectivity index (χ3n) is 4.85. The predicted octanol–water partition coefficient (Wildman–Crippen LogP) is 3.88. The maximum Gasteiger partial charge on any atom is 0.137 e. The molecule has 0 saturated heterocycles. The van der Waals surface area contributed by atoms with E-state index in [4.69, 9.17) is 0 Å². The van der Waals surface area contributed by atoms with Gasteiger partial charge >= 0.3 is 0 Å². The van der Waals surface area contributed by atoms with Crippen molar-refractivity contribution in [1.29, 1.82) is 0 Å². The van der Waals surface area contributed by atoms with Gasteiger partial charge in [0.1, 0.15) is 18.0 Å². The summed E-state index contributed by atoms with van der Waals surface area (Å²) in [5.41, 5.74) is 1.76. The fourth-order valence-corrected chi connectivity index (χ4v) is 3.35. The Kier molecular flexibility index (Phi) is 5.07. The van der Waals surface area contributed by atoms with E-state index >= 15 is 0 Å². The van der Waals surface area contributed by atoms with Crippen LogP contribution in [0.5, 0.6) is 0 Å². The third kappa shape index (κ3) is 3.66. The molecule has 0 amide bonds. The molecule has 0 aromatic carbocycles. The second-order valence-electron chi connectivity index (χ2n) is 7.03. The van der Waals surface area contributed by atoms with Crippen molar-refractivity contribution >= 4 is 11.6 Å². The van der Waals surface area contributed by atoms with Crippen molar-refractivity contribution in [1.82, 2.24) is 9.97 Å². The van der Waals surface area contributed by atoms with E-state index in [0.717, 1.165) is 24.5 Å². The van der Waals surface area contributed by atoms with Crippen LogP contribution in [0.1, 0.15) is 58.4 Å². The zero-order valence-corrected chi connectivity index (χ0v) is 14.2. The number of rotatable bonds is 5. The van der Waals surface area contributed by atoms with Crippen LogP contribution in [-0.4, -0.2) is 30.1 Å². The van der Waals surface area contributed by atoms with Crippen LogP contribution in [0.25, 0.3) is 0 Å². The van der Waals surface area contributed by atoms with E-state index in [1.807, 2.05) is 7.05 Å². The van der Waals surface area contributed by atoms with Gasteiger partial charge in [-0.05, 0) is 37.5 Å². The highest BCUT2D eigenvalue weighted by atomic mass is 15.2. The van der Waals surface area contributed by atoms with Crippen LogP contribution in [0.2, 0.25) is 0 Å². The van der Waals surface area contributed by atoms with Crippen molar-refractivity contribution in [3.8, 4) is 0 Å². The number of anilines is 2. The van der Waals surface area contributed by atoms with Gasteiger partial charge in [0.05, 0.1) is 0 Å². The molecule has 4 nitrogen and oxygen atoms in total. The lowest BCUT2D eigenvalue weighted by Crippen LogP contribution is -2.38. The minimum atomic E-state index is 0.505. The first kappa shape index (κ1) is 16.1. The molecule has 1 fully saturated rings. The van der Waals surface area contributed by atoms with Crippen molar-refractivity contribution in [2.75, 3.05) is 24.3 Å². The van der Waals surface area contributed by atoms with Gasteiger partial charge < -0.3 is 10.2 Å². The molecule has 0 aliphatic heterocycles. The van der Waals surface area contributed by atoms with Crippen molar-refractivity contribution in [3.63, 3.8) is 0 Å². The fourth-order valence-electron chi connectivity index (χ4n) is 3.35. The monoisotopic (exact) mass is 290 g/mol. The quantitative estimate of drug-likeness (QED) is 0.893. The first-order valence-electron chi connectivity index (χ1n) is 8.23. The minimum Gasteiger partial charge on any atom is -0.373 e. The van der Waals surface area contributed by atoms with E-state index in [1.165, 1.54) is 31.2 Å². The Morgan fingerprint density at radius 2 is 1.95 bits per heavy atom. The smallest absolute Gasteiger partial charge is 0.137 e. The van der Waals surface area contributed by atoms with E-state index in [1.54, 1.807) is 6.33 Å². The lowest BCUT2D eigenvalue weighted by molar-refractivity contribution is 0.222. The number of aromatic nitrogens is 2. The summed E-state index contributed by atoms with van der Waals surface area (Å²) in [4.78, 5) is 11.4. The van der Waals surface area contributed by atoms with Gasteiger partial charge in [-0.2, -0.15) is 0 Å². The molecular formula is C17H30N4. The van der Waals surface area contributed by atoms with E-state index in [-0.39, 0.29) is 0 Å². The van der Waals surface area contributed by atoms with Crippen LogP contribution in [-0.2, 0) is 6.42 Å². The Hall–Kier alpha value is -1.32. The second-order valence-corrected chi connectivity index (χ2v) is 7.03. The molecular weight excluding hydrogens is 260 g/mol. The van der Waals surface area contributed by atoms with Gasteiger partial charge in [0.15, 0.2) is 0 Å². The van der Waals surface area contributed by atoms with E-state index in [9.17, 15) is 0 Å². The van der Waals surface area contributed by atoms with Gasteiger partial charge in [-0.3, -0.25) is 0 Å². The summed E-state index contributed by atoms with van der Waals surface area (Å²) < 4.78 is 0. The molecule has 1 saturated carbocycles. The van der Waals surface area contributed by atoms with Crippen LogP contribution in [0.3, 0.4) is 0 Å². The second kappa shape index (κ2) is 6.63. The fraction of sp³-hybridized carbons (Fsp3) is 0.765. The lowest BCUT2D eigenvalue weighted by Gasteiger charge is -2.39. The topological polar surface area (TPSA) is 41.1 Å². The normalized spacial score (nSPS) is 18.5. The van der Waals surface area contributed by atoms with Gasteiger partial charge in [0, 0.05) is 25.7 Å². The first-order valence-corrected chi connectivity index (χ1v) is 8.23. The largest absolute Gasteiger partial charge is 0.373 e. The molecule has 4 heteroatoms. The molecule has 1 N–H and O–H groups in total. The molecule has 1 aliphatic rings. The average molecular weight is 290 g/mol. The molecule has 0 unspecified atom stereocenters. The Balaban J connectivity index is 2.21. The summed E-state index contributed by atoms with van der Waals surface area (Å²) in [6.07, 6.45) is 8.94. The molecule has 21 heavy (non-hydrogen) atoms. The molecule has 1 heterocycles. The number of nitrogens with one attached hydrogen (secondary N) is 1. The zero-order chi connectivity index (χ0) is 15.5. The maximum atomic E-state index is 4.59. The Labute approximate surface area is 129 Å². The van der Waals surface area contributed by atoms with Crippen molar-refractivity contribution in [3.05, 3.63) is 11.9 Å². The molecule has 0 radical (unpaired) electrons. The van der Waals surface area contributed by atoms with Gasteiger partial charge in [-0.25, -0.2) is 9.97 Å². The van der Waals surface area contributed by atoms with Gasteiger partial charge in [0.2, 0.25) is 0 Å². The standard InChI is InChI=1S/C17H30N4/c1-6-7-14-15(18-4)19-12-20-16(14)21(5)13-8-10-17(2,3)11-9-13/h12-13H,6-11H2,1-5H3,(H,18,19,20). The Morgan fingerprint density at radius 1 is 1.29 bits per heavy atom. The number of nitrogens with zero attached hydrogens (tertiary/aromatic N) is 3. The van der Waals surface area contributed by atoms with E-state index in [2.05, 4.69) is 48.0 Å². The third-order valence-corrected chi connectivity index (χ3v) is 4.85. The molecule has 1 aliphatic carbocycles. The van der Waals surface area contributed by atoms with E-state index < -0.39 is 0 Å². The minimum absolute atomic E-state index is 0.505. The summed E-state index contributed by atoms with van der Waals surface area (Å²) in [6, 6.07) is 0.605. The highest BCUT2D eigenvalue weighted by molar-refractivity contribution is 5.58. The lowest BCUT2D eigenvalue weighted by atomic mass is 9.75. The molecule has 118 valence electrons. The molecule has 0 spiro atoms. The summed E-state index contributed by atoms with van der Waals surface area (Å²) >= 11 is 0. The Bertz CT molecular complexity index is 460. The number of hydrogen-bond donors (Lipinski definition) is 1. The van der Waals surface area contributed by atoms with Crippen molar-refractivity contribution in [2.24, 2.45) is 5.41 Å². The number of hydrogen-bond acceptors (Lipinski definition) is 4. The van der Waals surface area contributed by atoms with Crippen LogP contribution in [0, 0.1) is 5.41 Å². The highest BCUT2D eigenvalue weighted by Gasteiger charge is 2.30. The molecule has 1 aromatic rings. The summed E-state index contributed by atoms with van der Waals surface area (Å²) in [5.74, 6) is 2.09. The van der Waals surface area contributed by atoms with Crippen molar-refractivity contribution < 1.29 is 0 Å². The van der Waals surface area contributed by atoms with Gasteiger partial charge in [-0.15, -0.1) is 0 Å². The van der Waals surface area contributed by atoms with Crippen LogP contribution < -0.4 is 10.2 Å². The molecule has 1 aromatic heterocycles. The molecule has 0 bridgehead atoms. The highest BCUT2D eigenvalue weighted by Crippen LogP contribution is 2.38. The maximum absolute atomic E-state index is 4.59. The summed E-state index contributed by atoms with van der Waals surface area (Å²) in [6.45, 7) is 6.98. The van der Waals surface area contributed by atoms with Crippen LogP contribution in [0.15, 0.2) is 6.33 Å². The van der Waals surface area contributed by atoms with Gasteiger partial charge in [-0.1, -0.05) is 27.2 Å². The zero-order valence-electron chi connectivity index (χ0n) is 14.2. The first-order chi connectivity index (χ1) is 9.98. The SMILES string of the molecule is CCCc1c(NC)ncnc1N(C)C1CCC(C)(C)CC1. The van der Waals surface area contributed by atoms with Gasteiger partial charge in [0.25, 0.3) is 0 Å². The summed E-state index contributed by atoms with van der Waals surface area (Å²) in [7, 11) is 4.14. The van der Waals surface area contributed by atoms with Crippen molar-refractivity contribution in [2.45, 2.75) is 65.3 Å². The molecule has 0 atom stereocenters. The average Bonchev–Trinajstić information content (AvgIpc) is 2.47. The summed E-state index contributed by atoms with van der Waals surface area (Å²) in [5, 5.41) is 3.21.